The number of rotatable bonds is 2. The Kier molecular flexibility index (Phi) is 2.36. The van der Waals surface area contributed by atoms with Gasteiger partial charge in [-0.1, -0.05) is 6.58 Å². The van der Waals surface area contributed by atoms with Crippen LogP contribution in [0.2, 0.25) is 0 Å². The molecule has 0 unspecified atom stereocenters. The topological polar surface area (TPSA) is 61.5 Å². The maximum Gasteiger partial charge on any atom is 0.0201 e. The lowest BCUT2D eigenvalue weighted by Gasteiger charge is -2.24. The molecule has 0 aromatic carbocycles. The van der Waals surface area contributed by atoms with E-state index in [0.717, 1.165) is 0 Å². The number of allylic oxidation sites excluding steroid dienone is 1. The Balaban J connectivity index is 3.34. The van der Waals surface area contributed by atoms with Crippen molar-refractivity contribution in [2.75, 3.05) is 0 Å². The number of nitrogens with two attached hydrogens (primary N) is 1. The van der Waals surface area contributed by atoms with Crippen molar-refractivity contribution in [2.45, 2.75) is 6.92 Å². The smallest absolute Gasteiger partial charge is 0.0201 e. The molecule has 0 rings (SSSR count). The van der Waals surface area contributed by atoms with Gasteiger partial charge in [-0.25, -0.2) is 0 Å². The van der Waals surface area contributed by atoms with Crippen LogP contribution in [-0.2, 0) is 4.94 Å². The zero-order chi connectivity index (χ0) is 5.86. The van der Waals surface area contributed by atoms with Crippen LogP contribution in [0.5, 0.6) is 0 Å². The van der Waals surface area contributed by atoms with E-state index in [4.69, 9.17) is 0 Å². The highest BCUT2D eigenvalue weighted by atomic mass is 16.9. The van der Waals surface area contributed by atoms with Crippen molar-refractivity contribution < 1.29 is 4.94 Å². The third-order valence-corrected chi connectivity index (χ3v) is 0.407. The Labute approximate surface area is 41.6 Å². The molecule has 0 aromatic heterocycles. The summed E-state index contributed by atoms with van der Waals surface area (Å²) in [6, 6.07) is 0. The molecule has 0 atom stereocenters. The molecule has 7 heavy (non-hydrogen) atoms. The molecule has 0 bridgehead atoms. The summed E-state index contributed by atoms with van der Waals surface area (Å²) in [5.41, 5.74) is 0.225. The highest BCUT2D eigenvalue weighted by molar-refractivity contribution is 4.83. The highest BCUT2D eigenvalue weighted by Gasteiger charge is 1.80. The quantitative estimate of drug-likeness (QED) is 0.504. The first kappa shape index (κ1) is 6.42. The van der Waals surface area contributed by atoms with Crippen LogP contribution < -0.4 is 5.90 Å². The van der Waals surface area contributed by atoms with E-state index in [1.807, 2.05) is 0 Å². The van der Waals surface area contributed by atoms with Gasteiger partial charge in [0.25, 0.3) is 0 Å². The SMILES string of the molecule is C=C(C)N([O-])ON. The third-order valence-electron chi connectivity index (χ3n) is 0.407. The minimum Gasteiger partial charge on any atom is -0.732 e. The molecule has 2 N–H and O–H groups in total. The van der Waals surface area contributed by atoms with Gasteiger partial charge in [0, 0.05) is 5.70 Å². The van der Waals surface area contributed by atoms with Crippen molar-refractivity contribution >= 4 is 0 Å². The van der Waals surface area contributed by atoms with Crippen LogP contribution in [0, 0.1) is 5.21 Å². The summed E-state index contributed by atoms with van der Waals surface area (Å²) in [6.45, 7) is 4.72. The van der Waals surface area contributed by atoms with Crippen molar-refractivity contribution in [1.29, 1.82) is 0 Å². The fourth-order valence-corrected chi connectivity index (χ4v) is 0.0900. The van der Waals surface area contributed by atoms with Gasteiger partial charge in [0.05, 0.1) is 0 Å². The van der Waals surface area contributed by atoms with Crippen LogP contribution in [0.1, 0.15) is 6.92 Å². The van der Waals surface area contributed by atoms with Crippen LogP contribution in [-0.4, -0.2) is 5.23 Å². The molecule has 0 aliphatic carbocycles. The van der Waals surface area contributed by atoms with Crippen molar-refractivity contribution in [3.05, 3.63) is 17.5 Å². The average Bonchev–Trinajstić information content (AvgIpc) is 1.65. The van der Waals surface area contributed by atoms with E-state index in [1.54, 1.807) is 0 Å². The van der Waals surface area contributed by atoms with Crippen molar-refractivity contribution in [2.24, 2.45) is 5.90 Å². The van der Waals surface area contributed by atoms with Gasteiger partial charge in [0.1, 0.15) is 0 Å². The molecule has 0 radical (unpaired) electrons. The fraction of sp³-hybridized carbons (Fsp3) is 0.333. The molecule has 0 fully saturated rings. The molecule has 0 saturated heterocycles. The van der Waals surface area contributed by atoms with Gasteiger partial charge < -0.3 is 10.4 Å². The van der Waals surface area contributed by atoms with E-state index in [1.165, 1.54) is 6.92 Å². The Morgan fingerprint density at radius 3 is 2.43 bits per heavy atom. The van der Waals surface area contributed by atoms with Gasteiger partial charge in [-0.3, -0.25) is 0 Å². The van der Waals surface area contributed by atoms with Gasteiger partial charge in [-0.15, -0.1) is 0 Å². The highest BCUT2D eigenvalue weighted by Crippen LogP contribution is 1.92. The lowest BCUT2D eigenvalue weighted by Crippen LogP contribution is -2.17. The van der Waals surface area contributed by atoms with Gasteiger partial charge in [-0.05, 0) is 6.92 Å². The van der Waals surface area contributed by atoms with E-state index in [9.17, 15) is 5.21 Å². The monoisotopic (exact) mass is 103 g/mol. The first-order valence-corrected chi connectivity index (χ1v) is 1.68. The van der Waals surface area contributed by atoms with Crippen molar-refractivity contribution in [3.8, 4) is 0 Å². The second-order valence-electron chi connectivity index (χ2n) is 1.10. The van der Waals surface area contributed by atoms with Crippen molar-refractivity contribution in [3.63, 3.8) is 0 Å². The van der Waals surface area contributed by atoms with Crippen LogP contribution in [0.3, 0.4) is 0 Å². The van der Waals surface area contributed by atoms with E-state index >= 15 is 0 Å². The lowest BCUT2D eigenvalue weighted by atomic mass is 10.6. The molecule has 0 saturated carbocycles. The van der Waals surface area contributed by atoms with E-state index in [2.05, 4.69) is 17.4 Å². The number of hydrogen-bond acceptors (Lipinski definition) is 4. The molecular weight excluding hydrogens is 96.0 g/mol. The first-order valence-electron chi connectivity index (χ1n) is 1.68. The van der Waals surface area contributed by atoms with Crippen LogP contribution in [0.25, 0.3) is 0 Å². The lowest BCUT2D eigenvalue weighted by molar-refractivity contribution is -0.0950. The summed E-state index contributed by atoms with van der Waals surface area (Å²) in [5.74, 6) is 4.43. The zero-order valence-electron chi connectivity index (χ0n) is 4.05. The van der Waals surface area contributed by atoms with Crippen LogP contribution in [0.4, 0.5) is 0 Å². The second-order valence-corrected chi connectivity index (χ2v) is 1.10. The van der Waals surface area contributed by atoms with Gasteiger partial charge in [0.15, 0.2) is 0 Å². The Bertz CT molecular complexity index is 73.3. The van der Waals surface area contributed by atoms with Crippen LogP contribution >= 0.6 is 0 Å². The van der Waals surface area contributed by atoms with Crippen molar-refractivity contribution in [1.82, 2.24) is 5.23 Å². The normalized spacial score (nSPS) is 8.43. The largest absolute Gasteiger partial charge is 0.732 e. The van der Waals surface area contributed by atoms with E-state index < -0.39 is 0 Å². The van der Waals surface area contributed by atoms with Gasteiger partial charge >= 0.3 is 0 Å². The molecule has 0 amide bonds. The fourth-order valence-electron chi connectivity index (χ4n) is 0.0900. The molecule has 0 heterocycles. The number of nitrogens with zero attached hydrogens (tertiary/aromatic N) is 1. The Hall–Kier alpha value is -0.580. The van der Waals surface area contributed by atoms with E-state index in [0.29, 0.717) is 0 Å². The summed E-state index contributed by atoms with van der Waals surface area (Å²) >= 11 is 0. The molecular formula is C3H7N2O2-. The molecule has 0 spiro atoms. The molecule has 0 aliphatic rings. The summed E-state index contributed by atoms with van der Waals surface area (Å²) in [6.07, 6.45) is 0. The predicted octanol–water partition coefficient (Wildman–Crippen LogP) is 0.125. The predicted molar refractivity (Wildman–Crippen MR) is 25.3 cm³/mol. The average molecular weight is 103 g/mol. The third kappa shape index (κ3) is 2.16. The standard InChI is InChI=1S/C3H7N2O2/c1-3(2)5(6)7-4/h1,4H2,2H3/q-1. The second kappa shape index (κ2) is 2.57. The number of hydroxylamine groups is 2. The minimum absolute atomic E-state index is 0.125. The first-order chi connectivity index (χ1) is 3.18. The molecule has 42 valence electrons. The summed E-state index contributed by atoms with van der Waals surface area (Å²) in [5, 5.41) is 10.1. The maximum atomic E-state index is 9.98. The molecule has 0 aromatic rings. The van der Waals surface area contributed by atoms with E-state index in [-0.39, 0.29) is 10.9 Å². The molecule has 0 aliphatic heterocycles. The Morgan fingerprint density at radius 1 is 2.00 bits per heavy atom. The number of hydrogen-bond donors (Lipinski definition) is 1. The summed E-state index contributed by atoms with van der Waals surface area (Å²) < 4.78 is 0. The minimum atomic E-state index is 0.125. The summed E-state index contributed by atoms with van der Waals surface area (Å²) in [4.78, 5) is 3.69. The zero-order valence-corrected chi connectivity index (χ0v) is 4.05. The maximum absolute atomic E-state index is 9.98. The Morgan fingerprint density at radius 2 is 2.43 bits per heavy atom. The summed E-state index contributed by atoms with van der Waals surface area (Å²) in [7, 11) is 0. The molecule has 4 heteroatoms. The van der Waals surface area contributed by atoms with Gasteiger partial charge in [-0.2, -0.15) is 10.8 Å². The van der Waals surface area contributed by atoms with Gasteiger partial charge in [0.2, 0.25) is 0 Å². The molecule has 4 nitrogen and oxygen atoms in total. The van der Waals surface area contributed by atoms with Crippen LogP contribution in [0.15, 0.2) is 12.3 Å².